The molecule has 3 heteroatoms. The second kappa shape index (κ2) is 6.71. The highest BCUT2D eigenvalue weighted by atomic mass is 32.2. The smallest absolute Gasteiger partial charge is 0.143 e. The molecule has 2 nitrogen and oxygen atoms in total. The van der Waals surface area contributed by atoms with Crippen molar-refractivity contribution in [2.75, 3.05) is 12.3 Å². The van der Waals surface area contributed by atoms with Gasteiger partial charge < -0.3 is 10.5 Å². The molecule has 0 aliphatic carbocycles. The van der Waals surface area contributed by atoms with Crippen molar-refractivity contribution in [2.45, 2.75) is 37.0 Å². The molecular weight excluding hydrogens is 266 g/mol. The molecule has 2 N–H and O–H groups in total. The minimum Gasteiger partial charge on any atom is -0.491 e. The molecule has 2 aromatic carbocycles. The van der Waals surface area contributed by atoms with E-state index in [4.69, 9.17) is 10.5 Å². The third-order valence-corrected chi connectivity index (χ3v) is 4.26. The second-order valence-electron chi connectivity index (χ2n) is 4.86. The van der Waals surface area contributed by atoms with Crippen LogP contribution in [0.2, 0.25) is 0 Å². The minimum absolute atomic E-state index is 0.696. The molecule has 0 fully saturated rings. The lowest BCUT2D eigenvalue weighted by Crippen LogP contribution is -1.99. The average molecular weight is 287 g/mol. The number of aryl methyl sites for hydroxylation is 2. The van der Waals surface area contributed by atoms with E-state index in [0.717, 1.165) is 22.8 Å². The molecule has 20 heavy (non-hydrogen) atoms. The first kappa shape index (κ1) is 14.8. The van der Waals surface area contributed by atoms with E-state index in [-0.39, 0.29) is 0 Å². The summed E-state index contributed by atoms with van der Waals surface area (Å²) in [5, 5.41) is 0. The molecule has 0 unspecified atom stereocenters. The Kier molecular flexibility index (Phi) is 4.96. The molecule has 2 rings (SSSR count). The quantitative estimate of drug-likeness (QED) is 0.800. The van der Waals surface area contributed by atoms with Crippen LogP contribution in [-0.2, 0) is 0 Å². The maximum absolute atomic E-state index is 6.19. The van der Waals surface area contributed by atoms with E-state index < -0.39 is 0 Å². The van der Waals surface area contributed by atoms with Crippen LogP contribution in [0, 0.1) is 13.8 Å². The van der Waals surface area contributed by atoms with Crippen molar-refractivity contribution in [1.29, 1.82) is 0 Å². The van der Waals surface area contributed by atoms with E-state index in [2.05, 4.69) is 39.0 Å². The van der Waals surface area contributed by atoms with Gasteiger partial charge in [0.05, 0.1) is 12.3 Å². The first-order chi connectivity index (χ1) is 9.61. The fourth-order valence-corrected chi connectivity index (χ4v) is 2.84. The highest BCUT2D eigenvalue weighted by molar-refractivity contribution is 7.99. The lowest BCUT2D eigenvalue weighted by Gasteiger charge is -2.12. The van der Waals surface area contributed by atoms with Crippen molar-refractivity contribution < 1.29 is 4.74 Å². The van der Waals surface area contributed by atoms with Crippen LogP contribution in [0.5, 0.6) is 5.75 Å². The Morgan fingerprint density at radius 1 is 1.10 bits per heavy atom. The van der Waals surface area contributed by atoms with Gasteiger partial charge in [0.1, 0.15) is 5.75 Å². The van der Waals surface area contributed by atoms with E-state index in [0.29, 0.717) is 6.61 Å². The monoisotopic (exact) mass is 287 g/mol. The number of nitrogen functional groups attached to an aromatic ring is 1. The zero-order chi connectivity index (χ0) is 14.5. The minimum atomic E-state index is 0.696. The highest BCUT2D eigenvalue weighted by Gasteiger charge is 2.08. The van der Waals surface area contributed by atoms with Crippen molar-refractivity contribution in [2.24, 2.45) is 0 Å². The summed E-state index contributed by atoms with van der Waals surface area (Å²) in [5.74, 6) is 0.778. The Morgan fingerprint density at radius 3 is 2.60 bits per heavy atom. The summed E-state index contributed by atoms with van der Waals surface area (Å²) in [6, 6.07) is 12.4. The summed E-state index contributed by atoms with van der Waals surface area (Å²) >= 11 is 1.68. The molecule has 0 saturated carbocycles. The molecule has 0 bridgehead atoms. The van der Waals surface area contributed by atoms with Crippen LogP contribution in [0.25, 0.3) is 0 Å². The van der Waals surface area contributed by atoms with Crippen LogP contribution in [0.1, 0.15) is 24.5 Å². The average Bonchev–Trinajstić information content (AvgIpc) is 2.44. The summed E-state index contributed by atoms with van der Waals surface area (Å²) < 4.78 is 5.67. The summed E-state index contributed by atoms with van der Waals surface area (Å²) in [4.78, 5) is 2.24. The Bertz CT molecular complexity index is 596. The number of hydrogen-bond acceptors (Lipinski definition) is 3. The maximum Gasteiger partial charge on any atom is 0.143 e. The topological polar surface area (TPSA) is 35.2 Å². The molecule has 0 aliphatic rings. The SMILES string of the molecule is CCCOc1cccc(Sc2ccc(C)c(C)c2)c1N. The van der Waals surface area contributed by atoms with Gasteiger partial charge in [-0.3, -0.25) is 0 Å². The van der Waals surface area contributed by atoms with Crippen LogP contribution >= 0.6 is 11.8 Å². The summed E-state index contributed by atoms with van der Waals surface area (Å²) in [5.41, 5.74) is 9.53. The molecule has 0 radical (unpaired) electrons. The molecule has 0 heterocycles. The molecular formula is C17H21NOS. The number of para-hydroxylation sites is 1. The predicted octanol–water partition coefficient (Wildman–Crippen LogP) is 4.83. The zero-order valence-corrected chi connectivity index (χ0v) is 13.1. The van der Waals surface area contributed by atoms with Crippen LogP contribution < -0.4 is 10.5 Å². The molecule has 0 saturated heterocycles. The molecule has 0 spiro atoms. The summed E-state index contributed by atoms with van der Waals surface area (Å²) in [6.45, 7) is 7.03. The van der Waals surface area contributed by atoms with Crippen molar-refractivity contribution >= 4 is 17.4 Å². The number of benzene rings is 2. The third kappa shape index (κ3) is 3.48. The van der Waals surface area contributed by atoms with Crippen LogP contribution in [-0.4, -0.2) is 6.61 Å². The van der Waals surface area contributed by atoms with E-state index in [9.17, 15) is 0 Å². The van der Waals surface area contributed by atoms with E-state index in [1.807, 2.05) is 18.2 Å². The van der Waals surface area contributed by atoms with Crippen LogP contribution in [0.15, 0.2) is 46.2 Å². The first-order valence-electron chi connectivity index (χ1n) is 6.88. The Balaban J connectivity index is 2.22. The first-order valence-corrected chi connectivity index (χ1v) is 7.70. The summed E-state index contributed by atoms with van der Waals surface area (Å²) in [6.07, 6.45) is 0.980. The van der Waals surface area contributed by atoms with Crippen molar-refractivity contribution in [3.63, 3.8) is 0 Å². The van der Waals surface area contributed by atoms with Gasteiger partial charge in [-0.25, -0.2) is 0 Å². The summed E-state index contributed by atoms with van der Waals surface area (Å²) in [7, 11) is 0. The molecule has 0 atom stereocenters. The number of anilines is 1. The fourth-order valence-electron chi connectivity index (χ4n) is 1.86. The van der Waals surface area contributed by atoms with Crippen molar-refractivity contribution in [1.82, 2.24) is 0 Å². The molecule has 0 aromatic heterocycles. The van der Waals surface area contributed by atoms with Gasteiger partial charge in [0, 0.05) is 9.79 Å². The van der Waals surface area contributed by atoms with Gasteiger partial charge >= 0.3 is 0 Å². The Morgan fingerprint density at radius 2 is 1.90 bits per heavy atom. The van der Waals surface area contributed by atoms with Crippen molar-refractivity contribution in [3.05, 3.63) is 47.5 Å². The maximum atomic E-state index is 6.19. The van der Waals surface area contributed by atoms with Gasteiger partial charge in [-0.05, 0) is 55.7 Å². The lowest BCUT2D eigenvalue weighted by molar-refractivity contribution is 0.318. The number of hydrogen-bond donors (Lipinski definition) is 1. The Labute approximate surface area is 125 Å². The molecule has 2 aromatic rings. The molecule has 106 valence electrons. The van der Waals surface area contributed by atoms with Gasteiger partial charge in [-0.1, -0.05) is 30.8 Å². The van der Waals surface area contributed by atoms with E-state index in [1.54, 1.807) is 11.8 Å². The lowest BCUT2D eigenvalue weighted by atomic mass is 10.1. The second-order valence-corrected chi connectivity index (χ2v) is 5.98. The highest BCUT2D eigenvalue weighted by Crippen LogP contribution is 2.37. The normalized spacial score (nSPS) is 10.6. The van der Waals surface area contributed by atoms with E-state index in [1.165, 1.54) is 16.0 Å². The Hall–Kier alpha value is -1.61. The van der Waals surface area contributed by atoms with Crippen molar-refractivity contribution in [3.8, 4) is 5.75 Å². The van der Waals surface area contributed by atoms with Gasteiger partial charge in [0.2, 0.25) is 0 Å². The largest absolute Gasteiger partial charge is 0.491 e. The third-order valence-electron chi connectivity index (χ3n) is 3.19. The number of ether oxygens (including phenoxy) is 1. The number of nitrogens with two attached hydrogens (primary N) is 1. The standard InChI is InChI=1S/C17H21NOS/c1-4-10-19-15-6-5-7-16(17(15)18)20-14-9-8-12(2)13(3)11-14/h5-9,11H,4,10,18H2,1-3H3. The zero-order valence-electron chi connectivity index (χ0n) is 12.3. The number of rotatable bonds is 5. The van der Waals surface area contributed by atoms with Crippen LogP contribution in [0.3, 0.4) is 0 Å². The van der Waals surface area contributed by atoms with Gasteiger partial charge in [-0.15, -0.1) is 0 Å². The van der Waals surface area contributed by atoms with E-state index >= 15 is 0 Å². The van der Waals surface area contributed by atoms with Gasteiger partial charge in [0.25, 0.3) is 0 Å². The van der Waals surface area contributed by atoms with Gasteiger partial charge in [-0.2, -0.15) is 0 Å². The fraction of sp³-hybridized carbons (Fsp3) is 0.294. The van der Waals surface area contributed by atoms with Crippen LogP contribution in [0.4, 0.5) is 5.69 Å². The van der Waals surface area contributed by atoms with Gasteiger partial charge in [0.15, 0.2) is 0 Å². The molecule has 0 aliphatic heterocycles. The predicted molar refractivity (Wildman–Crippen MR) is 86.7 cm³/mol. The molecule has 0 amide bonds.